The number of amides is 1. The molecule has 1 aromatic heterocycles. The number of anilines is 1. The molecule has 1 aliphatic heterocycles. The Morgan fingerprint density at radius 1 is 1.05 bits per heavy atom. The van der Waals surface area contributed by atoms with Crippen LogP contribution in [-0.4, -0.2) is 41.8 Å². The highest BCUT2D eigenvalue weighted by molar-refractivity contribution is 6.19. The van der Waals surface area contributed by atoms with Gasteiger partial charge in [-0.2, -0.15) is 4.99 Å². The Labute approximate surface area is 226 Å². The number of carbonyl (C=O) groups excluding carboxylic acids is 1. The van der Waals surface area contributed by atoms with Crippen LogP contribution in [-0.2, 0) is 20.9 Å². The molecule has 0 saturated heterocycles. The minimum Gasteiger partial charge on any atom is -0.407 e. The van der Waals surface area contributed by atoms with E-state index in [1.165, 1.54) is 0 Å². The molecule has 4 N–H and O–H groups in total. The van der Waals surface area contributed by atoms with Crippen molar-refractivity contribution in [1.29, 1.82) is 5.41 Å². The van der Waals surface area contributed by atoms with Crippen LogP contribution < -0.4 is 11.1 Å². The quantitative estimate of drug-likeness (QED) is 0.254. The van der Waals surface area contributed by atoms with Gasteiger partial charge in [0.25, 0.3) is 11.9 Å². The molecule has 1 amide bonds. The molecule has 0 spiro atoms. The lowest BCUT2D eigenvalue weighted by Gasteiger charge is -2.11. The molecule has 198 valence electrons. The summed E-state index contributed by atoms with van der Waals surface area (Å²) in [7, 11) is 1.62. The Morgan fingerprint density at radius 3 is 2.56 bits per heavy atom. The molecule has 5 rings (SSSR count). The molecule has 39 heavy (non-hydrogen) atoms. The summed E-state index contributed by atoms with van der Waals surface area (Å²) in [6.07, 6.45) is 0.378. The third-order valence-corrected chi connectivity index (χ3v) is 5.79. The molecule has 2 heterocycles. The summed E-state index contributed by atoms with van der Waals surface area (Å²) in [5.41, 5.74) is 11.0. The molecule has 9 heteroatoms. The molecule has 4 aromatic rings. The molecule has 0 saturated carbocycles. The summed E-state index contributed by atoms with van der Waals surface area (Å²) in [5, 5.41) is 12.1. The van der Waals surface area contributed by atoms with Crippen molar-refractivity contribution in [2.75, 3.05) is 12.4 Å². The second kappa shape index (κ2) is 12.6. The Hall–Kier alpha value is -4.89. The predicted octanol–water partition coefficient (Wildman–Crippen LogP) is 4.88. The van der Waals surface area contributed by atoms with Crippen LogP contribution in [0.15, 0.2) is 95.0 Å². The molecular weight excluding hydrogens is 492 g/mol. The number of pyridine rings is 1. The molecule has 0 fully saturated rings. The van der Waals surface area contributed by atoms with Gasteiger partial charge < -0.3 is 20.5 Å². The van der Waals surface area contributed by atoms with Crippen molar-refractivity contribution in [3.8, 4) is 0 Å². The van der Waals surface area contributed by atoms with Crippen LogP contribution in [0.4, 0.5) is 5.69 Å². The average Bonchev–Trinajstić information content (AvgIpc) is 3.10. The summed E-state index contributed by atoms with van der Waals surface area (Å²) >= 11 is 0. The van der Waals surface area contributed by atoms with Crippen LogP contribution in [0.3, 0.4) is 0 Å². The molecule has 9 nitrogen and oxygen atoms in total. The molecule has 1 aliphatic rings. The second-order valence-electron chi connectivity index (χ2n) is 8.29. The number of hydrogen-bond donors (Lipinski definition) is 3. The Kier molecular flexibility index (Phi) is 8.75. The number of nitrogens with one attached hydrogen (secondary N) is 2. The first-order chi connectivity index (χ1) is 19.0. The Balaban J connectivity index is 0.00000172. The van der Waals surface area contributed by atoms with Crippen molar-refractivity contribution in [2.45, 2.75) is 26.6 Å². The standard InChI is InChI=1S/C28H24N6O3.C2H6/c1-36-16-17-11-12-22-21(15-17)19(13-14-31-22)25(29)37-28(30)34-26-27(35)32-23-10-6-5-9-20(23)24(33-26)18-7-3-2-4-8-18;1-2/h2-15,26,29H,16H2,1H3,(H2,30,34)(H,32,35);1-2H3. The number of fused-ring (bicyclic) bond motifs is 2. The van der Waals surface area contributed by atoms with Crippen LogP contribution in [0, 0.1) is 5.41 Å². The lowest BCUT2D eigenvalue weighted by molar-refractivity contribution is -0.117. The second-order valence-corrected chi connectivity index (χ2v) is 8.29. The van der Waals surface area contributed by atoms with Crippen LogP contribution in [0.25, 0.3) is 10.9 Å². The van der Waals surface area contributed by atoms with Gasteiger partial charge in [-0.15, -0.1) is 0 Å². The fourth-order valence-electron chi connectivity index (χ4n) is 4.11. The number of methoxy groups -OCH3 is 1. The average molecular weight is 523 g/mol. The smallest absolute Gasteiger partial charge is 0.291 e. The molecule has 1 atom stereocenters. The van der Waals surface area contributed by atoms with Crippen molar-refractivity contribution < 1.29 is 14.3 Å². The summed E-state index contributed by atoms with van der Waals surface area (Å²) in [6.45, 7) is 4.42. The van der Waals surface area contributed by atoms with Gasteiger partial charge >= 0.3 is 0 Å². The lowest BCUT2D eigenvalue weighted by atomic mass is 10.0. The fourth-order valence-corrected chi connectivity index (χ4v) is 4.11. The maximum absolute atomic E-state index is 13.0. The maximum Gasteiger partial charge on any atom is 0.291 e. The van der Waals surface area contributed by atoms with Crippen LogP contribution >= 0.6 is 0 Å². The van der Waals surface area contributed by atoms with E-state index in [-0.39, 0.29) is 11.9 Å². The van der Waals surface area contributed by atoms with E-state index in [1.54, 1.807) is 25.4 Å². The largest absolute Gasteiger partial charge is 0.407 e. The van der Waals surface area contributed by atoms with Crippen molar-refractivity contribution >= 4 is 40.1 Å². The molecule has 3 aromatic carbocycles. The molecule has 0 radical (unpaired) electrons. The van der Waals surface area contributed by atoms with Crippen LogP contribution in [0.1, 0.15) is 36.1 Å². The first-order valence-corrected chi connectivity index (χ1v) is 12.5. The molecule has 0 aliphatic carbocycles. The number of nitrogens with zero attached hydrogens (tertiary/aromatic N) is 3. The fraction of sp³-hybridized carbons (Fsp3) is 0.167. The van der Waals surface area contributed by atoms with E-state index < -0.39 is 12.1 Å². The number of carbonyl (C=O) groups is 1. The van der Waals surface area contributed by atoms with Gasteiger partial charge in [-0.3, -0.25) is 15.2 Å². The predicted molar refractivity (Wildman–Crippen MR) is 154 cm³/mol. The molecular formula is C30H30N6O3. The Bertz CT molecular complexity index is 1550. The minimum atomic E-state index is -1.21. The van der Waals surface area contributed by atoms with Crippen molar-refractivity contribution in [3.05, 3.63) is 107 Å². The number of ether oxygens (including phenoxy) is 2. The van der Waals surface area contributed by atoms with Gasteiger partial charge in [-0.25, -0.2) is 4.99 Å². The number of rotatable bonds is 5. The maximum atomic E-state index is 13.0. The van der Waals surface area contributed by atoms with E-state index >= 15 is 0 Å². The minimum absolute atomic E-state index is 0.229. The number of benzene rings is 3. The van der Waals surface area contributed by atoms with Crippen LogP contribution in [0.5, 0.6) is 0 Å². The monoisotopic (exact) mass is 522 g/mol. The molecule has 0 bridgehead atoms. The number of hydrogen-bond acceptors (Lipinski definition) is 7. The first-order valence-electron chi connectivity index (χ1n) is 12.5. The third-order valence-electron chi connectivity index (χ3n) is 5.79. The third kappa shape index (κ3) is 6.16. The van der Waals surface area contributed by atoms with E-state index in [1.807, 2.05) is 80.6 Å². The van der Waals surface area contributed by atoms with E-state index in [4.69, 9.17) is 20.6 Å². The number of para-hydroxylation sites is 1. The summed E-state index contributed by atoms with van der Waals surface area (Å²) in [5.74, 6) is -0.692. The van der Waals surface area contributed by atoms with E-state index in [9.17, 15) is 4.79 Å². The number of aliphatic imine (C=N–C) groups is 2. The van der Waals surface area contributed by atoms with Crippen molar-refractivity contribution in [1.82, 2.24) is 4.98 Å². The topological polar surface area (TPSA) is 135 Å². The lowest BCUT2D eigenvalue weighted by Crippen LogP contribution is -2.29. The van der Waals surface area contributed by atoms with Gasteiger partial charge in [0.15, 0.2) is 0 Å². The van der Waals surface area contributed by atoms with E-state index in [0.717, 1.165) is 16.7 Å². The van der Waals surface area contributed by atoms with Crippen molar-refractivity contribution in [3.63, 3.8) is 0 Å². The van der Waals surface area contributed by atoms with Crippen molar-refractivity contribution in [2.24, 2.45) is 15.7 Å². The highest BCUT2D eigenvalue weighted by Gasteiger charge is 2.26. The Morgan fingerprint density at radius 2 is 1.79 bits per heavy atom. The normalized spacial score (nSPS) is 14.7. The number of benzodiazepines with no additional fused rings is 1. The number of nitrogens with two attached hydrogens (primary N) is 1. The SMILES string of the molecule is CC.COCc1ccc2nccc(C(=N)O/C(N)=N/C3N=C(c4ccccc4)c4ccccc4NC3=O)c2c1. The summed E-state index contributed by atoms with van der Waals surface area (Å²) in [6, 6.07) is 23.9. The summed E-state index contributed by atoms with van der Waals surface area (Å²) < 4.78 is 10.8. The van der Waals surface area contributed by atoms with E-state index in [0.29, 0.717) is 34.5 Å². The summed E-state index contributed by atoms with van der Waals surface area (Å²) in [4.78, 5) is 26.2. The zero-order valence-electron chi connectivity index (χ0n) is 22.0. The first kappa shape index (κ1) is 27.2. The van der Waals surface area contributed by atoms with Gasteiger partial charge in [-0.1, -0.05) is 68.4 Å². The highest BCUT2D eigenvalue weighted by Crippen LogP contribution is 2.25. The van der Waals surface area contributed by atoms with Gasteiger partial charge in [0.05, 0.1) is 23.5 Å². The molecule has 1 unspecified atom stereocenters. The zero-order valence-corrected chi connectivity index (χ0v) is 22.0. The van der Waals surface area contributed by atoms with Crippen LogP contribution in [0.2, 0.25) is 0 Å². The van der Waals surface area contributed by atoms with Gasteiger partial charge in [-0.05, 0) is 29.8 Å². The highest BCUT2D eigenvalue weighted by atomic mass is 16.5. The zero-order chi connectivity index (χ0) is 27.8. The van der Waals surface area contributed by atoms with Gasteiger partial charge in [0.1, 0.15) is 0 Å². The van der Waals surface area contributed by atoms with E-state index in [2.05, 4.69) is 20.3 Å². The number of aromatic nitrogens is 1. The van der Waals surface area contributed by atoms with Gasteiger partial charge in [0, 0.05) is 35.4 Å². The number of amidine groups is 1. The van der Waals surface area contributed by atoms with Gasteiger partial charge in [0.2, 0.25) is 12.1 Å².